The third-order valence-corrected chi connectivity index (χ3v) is 5.21. The number of H-pyrrole nitrogens is 1. The first-order valence-electron chi connectivity index (χ1n) is 9.09. The molecule has 9 nitrogen and oxygen atoms in total. The van der Waals surface area contributed by atoms with Gasteiger partial charge in [0.1, 0.15) is 23.0 Å². The van der Waals surface area contributed by atoms with Crippen LogP contribution in [0.25, 0.3) is 11.3 Å². The van der Waals surface area contributed by atoms with Crippen molar-refractivity contribution in [3.8, 4) is 22.9 Å². The molecule has 0 aromatic carbocycles. The maximum Gasteiger partial charge on any atom is 0.226 e. The summed E-state index contributed by atoms with van der Waals surface area (Å²) in [7, 11) is 1.63. The highest BCUT2D eigenvalue weighted by atomic mass is 16.5. The van der Waals surface area contributed by atoms with Crippen molar-refractivity contribution in [3.63, 3.8) is 0 Å². The van der Waals surface area contributed by atoms with Crippen molar-refractivity contribution in [2.45, 2.75) is 26.4 Å². The Kier molecular flexibility index (Phi) is 4.91. The third kappa shape index (κ3) is 3.40. The zero-order valence-corrected chi connectivity index (χ0v) is 16.0. The van der Waals surface area contributed by atoms with Gasteiger partial charge in [0.2, 0.25) is 5.88 Å². The monoisotopic (exact) mass is 382 g/mol. The van der Waals surface area contributed by atoms with E-state index in [4.69, 9.17) is 9.47 Å². The number of aryl methyl sites for hydroxylation is 1. The van der Waals surface area contributed by atoms with Crippen LogP contribution in [-0.2, 0) is 6.61 Å². The zero-order chi connectivity index (χ0) is 19.7. The molecule has 0 amide bonds. The van der Waals surface area contributed by atoms with Crippen LogP contribution in [0.1, 0.15) is 30.1 Å². The van der Waals surface area contributed by atoms with Crippen LogP contribution in [0, 0.1) is 18.8 Å². The average molecular weight is 382 g/mol. The molecule has 1 aliphatic carbocycles. The number of aromatic amines is 1. The van der Waals surface area contributed by atoms with E-state index in [0.717, 1.165) is 11.4 Å². The molecule has 28 heavy (non-hydrogen) atoms. The Hall–Kier alpha value is -3.07. The second-order valence-electron chi connectivity index (χ2n) is 6.90. The smallest absolute Gasteiger partial charge is 0.226 e. The molecular formula is C19H22N6O3. The number of pyridine rings is 1. The van der Waals surface area contributed by atoms with Crippen molar-refractivity contribution in [2.24, 2.45) is 11.8 Å². The molecule has 1 saturated carbocycles. The van der Waals surface area contributed by atoms with Gasteiger partial charge >= 0.3 is 0 Å². The molecule has 3 unspecified atom stereocenters. The minimum absolute atomic E-state index is 0.232. The van der Waals surface area contributed by atoms with E-state index in [0.29, 0.717) is 53.0 Å². The fraction of sp³-hybridized carbons (Fsp3) is 0.421. The fourth-order valence-corrected chi connectivity index (χ4v) is 3.47. The second kappa shape index (κ2) is 7.51. The van der Waals surface area contributed by atoms with Crippen molar-refractivity contribution in [1.82, 2.24) is 30.4 Å². The van der Waals surface area contributed by atoms with Gasteiger partial charge in [-0.1, -0.05) is 6.92 Å². The summed E-state index contributed by atoms with van der Waals surface area (Å²) in [5.74, 6) is 2.95. The number of ether oxygens (including phenoxy) is 2. The van der Waals surface area contributed by atoms with Crippen molar-refractivity contribution >= 4 is 0 Å². The van der Waals surface area contributed by atoms with Gasteiger partial charge in [0.15, 0.2) is 0 Å². The Morgan fingerprint density at radius 3 is 2.75 bits per heavy atom. The van der Waals surface area contributed by atoms with Crippen molar-refractivity contribution in [1.29, 1.82) is 0 Å². The van der Waals surface area contributed by atoms with Gasteiger partial charge in [-0.2, -0.15) is 20.4 Å². The molecule has 3 atom stereocenters. The van der Waals surface area contributed by atoms with E-state index in [1.807, 2.05) is 12.1 Å². The standard InChI is InChI=1S/C19H22N6O3/c1-10-14(17(10)15-5-4-12(27-3)6-21-15)9-28-19-13(7-20-11(2)22-19)18-16(8-26)23-25-24-18/h4-7,10,14,17,26H,8-9H2,1-3H3,(H,23,24,25). The van der Waals surface area contributed by atoms with E-state index in [1.54, 1.807) is 26.4 Å². The van der Waals surface area contributed by atoms with Gasteiger partial charge in [-0.05, 0) is 25.0 Å². The number of nitrogens with one attached hydrogen (secondary N) is 1. The van der Waals surface area contributed by atoms with E-state index in [9.17, 15) is 5.11 Å². The molecule has 0 saturated heterocycles. The number of aromatic nitrogens is 6. The highest BCUT2D eigenvalue weighted by molar-refractivity contribution is 5.65. The number of hydrogen-bond donors (Lipinski definition) is 2. The van der Waals surface area contributed by atoms with Gasteiger partial charge in [0.25, 0.3) is 0 Å². The molecule has 146 valence electrons. The van der Waals surface area contributed by atoms with Crippen LogP contribution in [0.4, 0.5) is 0 Å². The van der Waals surface area contributed by atoms with Crippen LogP contribution in [0.3, 0.4) is 0 Å². The summed E-state index contributed by atoms with van der Waals surface area (Å²) in [5.41, 5.74) is 2.57. The summed E-state index contributed by atoms with van der Waals surface area (Å²) in [6, 6.07) is 3.93. The van der Waals surface area contributed by atoms with Gasteiger partial charge in [-0.25, -0.2) is 4.98 Å². The van der Waals surface area contributed by atoms with Gasteiger partial charge < -0.3 is 14.6 Å². The summed E-state index contributed by atoms with van der Waals surface area (Å²) in [5, 5.41) is 20.0. The van der Waals surface area contributed by atoms with Crippen molar-refractivity contribution in [3.05, 3.63) is 41.7 Å². The lowest BCUT2D eigenvalue weighted by atomic mass is 10.2. The first-order chi connectivity index (χ1) is 13.6. The van der Waals surface area contributed by atoms with Crippen LogP contribution < -0.4 is 9.47 Å². The molecule has 1 aliphatic rings. The van der Waals surface area contributed by atoms with Gasteiger partial charge in [-0.3, -0.25) is 4.98 Å². The summed E-state index contributed by atoms with van der Waals surface area (Å²) in [6.07, 6.45) is 3.39. The Bertz CT molecular complexity index is 959. The lowest BCUT2D eigenvalue weighted by molar-refractivity contribution is 0.275. The van der Waals surface area contributed by atoms with Gasteiger partial charge in [0, 0.05) is 23.7 Å². The van der Waals surface area contributed by atoms with Crippen LogP contribution in [0.15, 0.2) is 24.5 Å². The van der Waals surface area contributed by atoms with Crippen LogP contribution in [0.5, 0.6) is 11.6 Å². The molecule has 9 heteroatoms. The average Bonchev–Trinajstić information content (AvgIpc) is 3.13. The molecular weight excluding hydrogens is 360 g/mol. The summed E-state index contributed by atoms with van der Waals surface area (Å²) >= 11 is 0. The molecule has 3 aromatic rings. The van der Waals surface area contributed by atoms with E-state index < -0.39 is 0 Å². The number of hydrogen-bond acceptors (Lipinski definition) is 8. The predicted molar refractivity (Wildman–Crippen MR) is 99.7 cm³/mol. The van der Waals surface area contributed by atoms with Crippen LogP contribution in [0.2, 0.25) is 0 Å². The van der Waals surface area contributed by atoms with E-state index in [-0.39, 0.29) is 6.61 Å². The fourth-order valence-electron chi connectivity index (χ4n) is 3.47. The molecule has 2 N–H and O–H groups in total. The molecule has 0 radical (unpaired) electrons. The maximum atomic E-state index is 9.46. The van der Waals surface area contributed by atoms with Crippen LogP contribution in [-0.4, -0.2) is 49.2 Å². The molecule has 0 bridgehead atoms. The molecule has 4 rings (SSSR count). The largest absolute Gasteiger partial charge is 0.495 e. The number of rotatable bonds is 7. The van der Waals surface area contributed by atoms with E-state index in [2.05, 4.69) is 37.3 Å². The predicted octanol–water partition coefficient (Wildman–Crippen LogP) is 1.89. The molecule has 0 aliphatic heterocycles. The summed E-state index contributed by atoms with van der Waals surface area (Å²) in [6.45, 7) is 4.27. The second-order valence-corrected chi connectivity index (χ2v) is 6.90. The number of aliphatic hydroxyl groups excluding tert-OH is 1. The normalized spacial score (nSPS) is 20.8. The molecule has 1 fully saturated rings. The van der Waals surface area contributed by atoms with Gasteiger partial charge in [0.05, 0.1) is 32.1 Å². The third-order valence-electron chi connectivity index (χ3n) is 5.21. The molecule has 3 aromatic heterocycles. The Morgan fingerprint density at radius 2 is 2.04 bits per heavy atom. The highest BCUT2D eigenvalue weighted by Gasteiger charge is 2.49. The first-order valence-corrected chi connectivity index (χ1v) is 9.09. The Labute approximate surface area is 162 Å². The van der Waals surface area contributed by atoms with Crippen molar-refractivity contribution < 1.29 is 14.6 Å². The number of aliphatic hydroxyl groups is 1. The SMILES string of the molecule is COc1ccc(C2C(C)C2COc2nc(C)ncc2-c2n[nH]nc2CO)nc1. The first kappa shape index (κ1) is 18.3. The lowest BCUT2D eigenvalue weighted by Gasteiger charge is -2.10. The number of methoxy groups -OCH3 is 1. The van der Waals surface area contributed by atoms with E-state index >= 15 is 0 Å². The van der Waals surface area contributed by atoms with Gasteiger partial charge in [-0.15, -0.1) is 0 Å². The zero-order valence-electron chi connectivity index (χ0n) is 16.0. The van der Waals surface area contributed by atoms with Crippen LogP contribution >= 0.6 is 0 Å². The Balaban J connectivity index is 1.50. The summed E-state index contributed by atoms with van der Waals surface area (Å²) in [4.78, 5) is 13.2. The summed E-state index contributed by atoms with van der Waals surface area (Å²) < 4.78 is 11.2. The highest BCUT2D eigenvalue weighted by Crippen LogP contribution is 2.53. The number of nitrogens with zero attached hydrogens (tertiary/aromatic N) is 5. The quantitative estimate of drug-likeness (QED) is 0.636. The van der Waals surface area contributed by atoms with E-state index in [1.165, 1.54) is 0 Å². The Morgan fingerprint density at radius 1 is 1.18 bits per heavy atom. The minimum atomic E-state index is -0.232. The van der Waals surface area contributed by atoms with Crippen molar-refractivity contribution in [2.75, 3.05) is 13.7 Å². The minimum Gasteiger partial charge on any atom is -0.495 e. The topological polar surface area (TPSA) is 119 Å². The molecule has 0 spiro atoms. The molecule has 3 heterocycles. The maximum absolute atomic E-state index is 9.46. The lowest BCUT2D eigenvalue weighted by Crippen LogP contribution is -2.06.